The van der Waals surface area contributed by atoms with Gasteiger partial charge in [-0.25, -0.2) is 14.4 Å². The number of rotatable bonds is 7. The first-order valence-corrected chi connectivity index (χ1v) is 13.0. The molecule has 2 amide bonds. The summed E-state index contributed by atoms with van der Waals surface area (Å²) in [6, 6.07) is 20.3. The summed E-state index contributed by atoms with van der Waals surface area (Å²) in [4.78, 5) is 43.7. The molecule has 3 aromatic carbocycles. The van der Waals surface area contributed by atoms with Crippen LogP contribution in [-0.4, -0.2) is 39.4 Å². The smallest absolute Gasteiger partial charge is 0.447 e. The number of aromatic nitrogens is 2. The van der Waals surface area contributed by atoms with Crippen molar-refractivity contribution in [2.24, 2.45) is 0 Å². The van der Waals surface area contributed by atoms with Gasteiger partial charge < -0.3 is 14.2 Å². The largest absolute Gasteiger partial charge is 0.497 e. The van der Waals surface area contributed by atoms with E-state index < -0.39 is 23.2 Å². The van der Waals surface area contributed by atoms with Crippen molar-refractivity contribution in [2.75, 3.05) is 18.6 Å². The number of halogens is 2. The Morgan fingerprint density at radius 3 is 2.13 bits per heavy atom. The second-order valence-corrected chi connectivity index (χ2v) is 10.6. The Hall–Kier alpha value is -3.95. The summed E-state index contributed by atoms with van der Waals surface area (Å²) in [6.07, 6.45) is -0.447. The number of anilines is 1. The molecule has 0 radical (unpaired) electrons. The maximum Gasteiger partial charge on any atom is 0.447 e. The van der Waals surface area contributed by atoms with Crippen LogP contribution in [0.15, 0.2) is 86.9 Å². The molecule has 1 atom stereocenters. The van der Waals surface area contributed by atoms with Crippen LogP contribution >= 0.6 is 23.2 Å². The van der Waals surface area contributed by atoms with Crippen LogP contribution in [0.4, 0.5) is 10.5 Å². The number of carbonyl (C=O) groups is 1. The van der Waals surface area contributed by atoms with E-state index in [4.69, 9.17) is 32.5 Å². The van der Waals surface area contributed by atoms with Crippen molar-refractivity contribution in [1.29, 1.82) is 0 Å². The minimum atomic E-state index is -1.00. The maximum atomic E-state index is 14.0. The third-order valence-electron chi connectivity index (χ3n) is 6.91. The number of carbonyl (C=O) groups excluding carboxylic acids is 1. The minimum Gasteiger partial charge on any atom is -0.497 e. The molecule has 0 spiro atoms. The molecule has 11 heteroatoms. The molecule has 1 fully saturated rings. The summed E-state index contributed by atoms with van der Waals surface area (Å²) in [5.74, 6) is -0.157. The van der Waals surface area contributed by atoms with Crippen LogP contribution in [0.2, 0.25) is 10.0 Å². The molecular formula is C28H26Cl2N4O5. The van der Waals surface area contributed by atoms with Gasteiger partial charge in [0.1, 0.15) is 5.75 Å². The van der Waals surface area contributed by atoms with Crippen molar-refractivity contribution in [3.63, 3.8) is 0 Å². The van der Waals surface area contributed by atoms with E-state index in [-0.39, 0.29) is 11.7 Å². The quantitative estimate of drug-likeness (QED) is 0.299. The van der Waals surface area contributed by atoms with Crippen LogP contribution in [0.3, 0.4) is 0 Å². The normalized spacial score (nSPS) is 16.6. The van der Waals surface area contributed by atoms with E-state index in [9.17, 15) is 14.4 Å². The average molecular weight is 569 g/mol. The zero-order valence-corrected chi connectivity index (χ0v) is 23.0. The summed E-state index contributed by atoms with van der Waals surface area (Å²) in [6.45, 7) is 4.01. The molecule has 5 rings (SSSR count). The number of nitrogens with zero attached hydrogens (tertiary/aromatic N) is 4. The highest BCUT2D eigenvalue weighted by atomic mass is 35.5. The van der Waals surface area contributed by atoms with Crippen molar-refractivity contribution in [1.82, 2.24) is 14.2 Å². The van der Waals surface area contributed by atoms with Crippen molar-refractivity contribution < 1.29 is 14.1 Å². The fourth-order valence-corrected chi connectivity index (χ4v) is 5.32. The molecule has 4 aromatic rings. The lowest BCUT2D eigenvalue weighted by molar-refractivity contribution is 0.0975. The van der Waals surface area contributed by atoms with Crippen LogP contribution in [0.25, 0.3) is 5.69 Å². The van der Waals surface area contributed by atoms with Gasteiger partial charge in [-0.2, -0.15) is 4.57 Å². The van der Waals surface area contributed by atoms with E-state index in [1.165, 1.54) is 11.0 Å². The van der Waals surface area contributed by atoms with Gasteiger partial charge >= 0.3 is 17.5 Å². The lowest BCUT2D eigenvalue weighted by Gasteiger charge is -2.34. The van der Waals surface area contributed by atoms with Crippen molar-refractivity contribution in [3.8, 4) is 11.4 Å². The molecule has 2 heterocycles. The first-order valence-electron chi connectivity index (χ1n) is 12.2. The Balaban J connectivity index is 1.59. The van der Waals surface area contributed by atoms with Crippen LogP contribution in [0, 0.1) is 0 Å². The average Bonchev–Trinajstić information content (AvgIpc) is 3.30. The van der Waals surface area contributed by atoms with E-state index in [2.05, 4.69) is 0 Å². The third kappa shape index (κ3) is 4.84. The summed E-state index contributed by atoms with van der Waals surface area (Å²) in [5.41, 5.74) is 0.00658. The van der Waals surface area contributed by atoms with Crippen molar-refractivity contribution in [2.45, 2.75) is 32.0 Å². The van der Waals surface area contributed by atoms with E-state index in [1.54, 1.807) is 54.5 Å². The number of hydrogen-bond acceptors (Lipinski definition) is 5. The first-order chi connectivity index (χ1) is 18.6. The highest BCUT2D eigenvalue weighted by Gasteiger charge is 2.55. The summed E-state index contributed by atoms with van der Waals surface area (Å²) in [7, 11) is 1.60. The molecule has 39 heavy (non-hydrogen) atoms. The maximum absolute atomic E-state index is 14.0. The van der Waals surface area contributed by atoms with Crippen LogP contribution in [0.5, 0.6) is 5.75 Å². The third-order valence-corrected chi connectivity index (χ3v) is 7.38. The van der Waals surface area contributed by atoms with Gasteiger partial charge in [-0.1, -0.05) is 47.5 Å². The minimum absolute atomic E-state index is 0.257. The van der Waals surface area contributed by atoms with Crippen LogP contribution in [-0.2, 0) is 6.42 Å². The predicted octanol–water partition coefficient (Wildman–Crippen LogP) is 5.37. The van der Waals surface area contributed by atoms with Crippen molar-refractivity contribution >= 4 is 34.9 Å². The second-order valence-electron chi connectivity index (χ2n) is 9.69. The molecule has 9 nitrogen and oxygen atoms in total. The Morgan fingerprint density at radius 1 is 0.897 bits per heavy atom. The molecule has 1 aromatic heterocycles. The standard InChI is InChI=1S/C28H26Cl2N4O5/c1-28(2)24(34-26(36)33(27(37)39-34)22-9-5-7-20(30)17-22)32(21-8-4-6-19(29)16-21)25(35)31(28)15-14-18-10-12-23(38-3)13-11-18/h4-13,16-17,24H,14-15H2,1-3H3. The molecule has 0 aliphatic carbocycles. The summed E-state index contributed by atoms with van der Waals surface area (Å²) < 4.78 is 12.6. The van der Waals surface area contributed by atoms with Gasteiger partial charge in [0, 0.05) is 22.3 Å². The molecule has 0 N–H and O–H groups in total. The molecule has 0 bridgehead atoms. The highest BCUT2D eigenvalue weighted by Crippen LogP contribution is 2.42. The van der Waals surface area contributed by atoms with Gasteiger partial charge in [0.05, 0.1) is 18.3 Å². The van der Waals surface area contributed by atoms with Gasteiger partial charge in [-0.05, 0) is 74.4 Å². The molecule has 1 aliphatic rings. The molecule has 1 unspecified atom stereocenters. The predicted molar refractivity (Wildman–Crippen MR) is 149 cm³/mol. The topological polar surface area (TPSA) is 89.9 Å². The number of benzene rings is 3. The monoisotopic (exact) mass is 568 g/mol. The number of hydrogen-bond donors (Lipinski definition) is 0. The fraction of sp³-hybridized carbons (Fsp3) is 0.250. The van der Waals surface area contributed by atoms with E-state index >= 15 is 0 Å². The summed E-state index contributed by atoms with van der Waals surface area (Å²) in [5, 5.41) is 0.770. The second kappa shape index (κ2) is 10.3. The van der Waals surface area contributed by atoms with E-state index in [0.29, 0.717) is 28.7 Å². The number of amides is 2. The van der Waals surface area contributed by atoms with E-state index in [1.807, 2.05) is 38.1 Å². The Labute approximate surface area is 234 Å². The molecule has 1 saturated heterocycles. The molecule has 1 aliphatic heterocycles. The molecule has 202 valence electrons. The lowest BCUT2D eigenvalue weighted by Crippen LogP contribution is -2.47. The van der Waals surface area contributed by atoms with Crippen LogP contribution in [0.1, 0.15) is 25.6 Å². The number of methoxy groups -OCH3 is 1. The zero-order valence-electron chi connectivity index (χ0n) is 21.5. The Bertz CT molecular complexity index is 1640. The first kappa shape index (κ1) is 26.6. The van der Waals surface area contributed by atoms with E-state index in [0.717, 1.165) is 20.6 Å². The number of ether oxygens (including phenoxy) is 1. The highest BCUT2D eigenvalue weighted by molar-refractivity contribution is 6.31. The van der Waals surface area contributed by atoms with Gasteiger partial charge in [0.2, 0.25) is 0 Å². The van der Waals surface area contributed by atoms with Crippen molar-refractivity contribution in [3.05, 3.63) is 109 Å². The Morgan fingerprint density at radius 2 is 1.51 bits per heavy atom. The SMILES string of the molecule is COc1ccc(CCN2C(=O)N(c3cccc(Cl)c3)C(n3oc(=O)n(-c4cccc(Cl)c4)c3=O)C2(C)C)cc1. The molecule has 0 saturated carbocycles. The number of urea groups is 1. The van der Waals surface area contributed by atoms with Gasteiger partial charge in [0.25, 0.3) is 0 Å². The van der Waals surface area contributed by atoms with Crippen LogP contribution < -0.4 is 21.1 Å². The fourth-order valence-electron chi connectivity index (χ4n) is 4.95. The summed E-state index contributed by atoms with van der Waals surface area (Å²) >= 11 is 12.4. The zero-order chi connectivity index (χ0) is 27.9. The Kier molecular flexibility index (Phi) is 7.05. The van der Waals surface area contributed by atoms with Gasteiger partial charge in [-0.15, -0.1) is 4.74 Å². The lowest BCUT2D eigenvalue weighted by atomic mass is 9.99. The van der Waals surface area contributed by atoms with Gasteiger partial charge in [-0.3, -0.25) is 4.90 Å². The molecular weight excluding hydrogens is 543 g/mol. The van der Waals surface area contributed by atoms with Gasteiger partial charge in [0.15, 0.2) is 6.17 Å².